The van der Waals surface area contributed by atoms with Crippen molar-refractivity contribution in [2.75, 3.05) is 6.54 Å². The van der Waals surface area contributed by atoms with Gasteiger partial charge in [0.25, 0.3) is 5.91 Å². The second-order valence-electron chi connectivity index (χ2n) is 5.23. The average molecular weight is 352 g/mol. The minimum atomic E-state index is -3.74. The lowest BCUT2D eigenvalue weighted by atomic mass is 9.99. The number of hydrogen-bond donors (Lipinski definition) is 3. The number of sulfonamides is 1. The molecule has 2 unspecified atom stereocenters. The number of carbonyl (C=O) groups is 2. The van der Waals surface area contributed by atoms with E-state index >= 15 is 0 Å². The highest BCUT2D eigenvalue weighted by Crippen LogP contribution is 2.12. The van der Waals surface area contributed by atoms with Crippen molar-refractivity contribution in [2.24, 2.45) is 5.92 Å². The lowest BCUT2D eigenvalue weighted by Gasteiger charge is -2.20. The molecule has 0 fully saturated rings. The van der Waals surface area contributed by atoms with Crippen LogP contribution in [0.1, 0.15) is 30.6 Å². The number of benzene rings is 1. The number of aliphatic carboxylic acids is 1. The molecule has 0 radical (unpaired) electrons. The Labute approximate surface area is 141 Å². The maximum atomic E-state index is 12.1. The first-order valence-electron chi connectivity index (χ1n) is 7.29. The molecular formula is C16H20N2O5S. The topological polar surface area (TPSA) is 113 Å². The monoisotopic (exact) mass is 352 g/mol. The quantitative estimate of drug-likeness (QED) is 0.600. The Bertz CT molecular complexity index is 735. The third kappa shape index (κ3) is 5.08. The van der Waals surface area contributed by atoms with Gasteiger partial charge in [0.15, 0.2) is 0 Å². The SMILES string of the molecule is C#CCNS(=O)(=O)c1ccc(C(=O)NC(C(=O)O)C(C)CC)cc1. The highest BCUT2D eigenvalue weighted by Gasteiger charge is 2.25. The van der Waals surface area contributed by atoms with Crippen molar-refractivity contribution in [1.29, 1.82) is 0 Å². The summed E-state index contributed by atoms with van der Waals surface area (Å²) in [5, 5.41) is 11.6. The van der Waals surface area contributed by atoms with Gasteiger partial charge in [-0.3, -0.25) is 4.79 Å². The van der Waals surface area contributed by atoms with Crippen LogP contribution in [0.25, 0.3) is 0 Å². The molecule has 1 amide bonds. The van der Waals surface area contributed by atoms with E-state index in [0.29, 0.717) is 6.42 Å². The Hall–Kier alpha value is -2.37. The van der Waals surface area contributed by atoms with Gasteiger partial charge in [-0.25, -0.2) is 13.2 Å². The molecule has 0 saturated heterocycles. The number of terminal acetylenes is 1. The summed E-state index contributed by atoms with van der Waals surface area (Å²) < 4.78 is 26.0. The fourth-order valence-corrected chi connectivity index (χ4v) is 2.85. The predicted molar refractivity (Wildman–Crippen MR) is 88.8 cm³/mol. The lowest BCUT2D eigenvalue weighted by Crippen LogP contribution is -2.45. The van der Waals surface area contributed by atoms with Crippen molar-refractivity contribution < 1.29 is 23.1 Å². The van der Waals surface area contributed by atoms with Crippen LogP contribution in [-0.2, 0) is 14.8 Å². The first-order valence-corrected chi connectivity index (χ1v) is 8.78. The van der Waals surface area contributed by atoms with Crippen LogP contribution in [0.2, 0.25) is 0 Å². The number of amides is 1. The molecule has 0 saturated carbocycles. The molecule has 24 heavy (non-hydrogen) atoms. The maximum absolute atomic E-state index is 12.1. The molecule has 0 bridgehead atoms. The largest absolute Gasteiger partial charge is 0.480 e. The zero-order valence-corrected chi connectivity index (χ0v) is 14.3. The van der Waals surface area contributed by atoms with Gasteiger partial charge in [0.2, 0.25) is 10.0 Å². The Balaban J connectivity index is 2.91. The van der Waals surface area contributed by atoms with E-state index in [1.54, 1.807) is 6.92 Å². The van der Waals surface area contributed by atoms with Gasteiger partial charge in [-0.2, -0.15) is 4.72 Å². The van der Waals surface area contributed by atoms with Crippen LogP contribution in [0.5, 0.6) is 0 Å². The molecule has 0 aliphatic heterocycles. The third-order valence-electron chi connectivity index (χ3n) is 3.56. The van der Waals surface area contributed by atoms with Gasteiger partial charge in [-0.05, 0) is 30.2 Å². The minimum absolute atomic E-state index is 0.0361. The van der Waals surface area contributed by atoms with Crippen LogP contribution in [-0.4, -0.2) is 38.0 Å². The fourth-order valence-electron chi connectivity index (χ4n) is 1.91. The predicted octanol–water partition coefficient (Wildman–Crippen LogP) is 0.827. The molecule has 1 rings (SSSR count). The average Bonchev–Trinajstić information content (AvgIpc) is 2.56. The molecule has 0 aliphatic rings. The van der Waals surface area contributed by atoms with Gasteiger partial charge in [-0.15, -0.1) is 6.42 Å². The number of carboxylic acid groups (broad SMARTS) is 1. The Morgan fingerprint density at radius 2 is 1.88 bits per heavy atom. The van der Waals surface area contributed by atoms with Gasteiger partial charge in [0, 0.05) is 5.56 Å². The van der Waals surface area contributed by atoms with Crippen LogP contribution >= 0.6 is 0 Å². The summed E-state index contributed by atoms with van der Waals surface area (Å²) in [6, 6.07) is 4.13. The Morgan fingerprint density at radius 1 is 1.29 bits per heavy atom. The molecule has 7 nitrogen and oxygen atoms in total. The first-order chi connectivity index (χ1) is 11.2. The highest BCUT2D eigenvalue weighted by atomic mass is 32.2. The lowest BCUT2D eigenvalue weighted by molar-refractivity contribution is -0.140. The first kappa shape index (κ1) is 19.7. The van der Waals surface area contributed by atoms with Gasteiger partial charge < -0.3 is 10.4 Å². The molecule has 1 aromatic rings. The molecule has 1 aromatic carbocycles. The molecule has 130 valence electrons. The standard InChI is InChI=1S/C16H20N2O5S/c1-4-10-17-24(22,23)13-8-6-12(7-9-13)15(19)18-14(16(20)21)11(3)5-2/h1,6-9,11,14,17H,5,10H2,2-3H3,(H,18,19)(H,20,21). The second kappa shape index (κ2) is 8.47. The van der Waals surface area contributed by atoms with Crippen molar-refractivity contribution in [3.05, 3.63) is 29.8 Å². The van der Waals surface area contributed by atoms with Crippen molar-refractivity contribution in [1.82, 2.24) is 10.0 Å². The second-order valence-corrected chi connectivity index (χ2v) is 6.99. The molecule has 0 aromatic heterocycles. The van der Waals surface area contributed by atoms with Crippen molar-refractivity contribution in [3.63, 3.8) is 0 Å². The van der Waals surface area contributed by atoms with E-state index in [0.717, 1.165) is 0 Å². The molecule has 0 aliphatic carbocycles. The molecule has 3 N–H and O–H groups in total. The normalized spacial score (nSPS) is 13.5. The molecule has 8 heteroatoms. The summed E-state index contributed by atoms with van der Waals surface area (Å²) in [6.45, 7) is 3.42. The van der Waals surface area contributed by atoms with Gasteiger partial charge in [0.05, 0.1) is 11.4 Å². The fraction of sp³-hybridized carbons (Fsp3) is 0.375. The molecule has 0 spiro atoms. The number of rotatable bonds is 8. The van der Waals surface area contributed by atoms with Crippen LogP contribution in [0.15, 0.2) is 29.2 Å². The molecule has 2 atom stereocenters. The zero-order chi connectivity index (χ0) is 18.3. The highest BCUT2D eigenvalue weighted by molar-refractivity contribution is 7.89. The van der Waals surface area contributed by atoms with E-state index in [1.807, 2.05) is 6.92 Å². The number of carboxylic acids is 1. The van der Waals surface area contributed by atoms with Crippen LogP contribution in [0.3, 0.4) is 0 Å². The third-order valence-corrected chi connectivity index (χ3v) is 4.97. The van der Waals surface area contributed by atoms with Crippen LogP contribution in [0.4, 0.5) is 0 Å². The van der Waals surface area contributed by atoms with E-state index in [-0.39, 0.29) is 22.9 Å². The van der Waals surface area contributed by atoms with Gasteiger partial charge in [0.1, 0.15) is 6.04 Å². The zero-order valence-electron chi connectivity index (χ0n) is 13.4. The summed E-state index contributed by atoms with van der Waals surface area (Å²) in [6.07, 6.45) is 5.60. The number of carbonyl (C=O) groups excluding carboxylic acids is 1. The van der Waals surface area contributed by atoms with E-state index < -0.39 is 27.9 Å². The summed E-state index contributed by atoms with van der Waals surface area (Å²) in [5.41, 5.74) is 0.167. The van der Waals surface area contributed by atoms with Crippen LogP contribution in [0, 0.1) is 18.3 Å². The van der Waals surface area contributed by atoms with Crippen molar-refractivity contribution >= 4 is 21.9 Å². The smallest absolute Gasteiger partial charge is 0.326 e. The van der Waals surface area contributed by atoms with Gasteiger partial charge >= 0.3 is 5.97 Å². The summed E-state index contributed by atoms with van der Waals surface area (Å²) in [4.78, 5) is 23.3. The van der Waals surface area contributed by atoms with Crippen molar-refractivity contribution in [3.8, 4) is 12.3 Å². The summed E-state index contributed by atoms with van der Waals surface area (Å²) in [7, 11) is -3.74. The van der Waals surface area contributed by atoms with Crippen LogP contribution < -0.4 is 10.0 Å². The number of nitrogens with one attached hydrogen (secondary N) is 2. The maximum Gasteiger partial charge on any atom is 0.326 e. The Kier molecular flexibility index (Phi) is 6.95. The van der Waals surface area contributed by atoms with Crippen molar-refractivity contribution in [2.45, 2.75) is 31.2 Å². The molecule has 0 heterocycles. The minimum Gasteiger partial charge on any atom is -0.480 e. The summed E-state index contributed by atoms with van der Waals surface area (Å²) in [5.74, 6) is 0.229. The Morgan fingerprint density at radius 3 is 2.33 bits per heavy atom. The van der Waals surface area contributed by atoms with E-state index in [4.69, 9.17) is 6.42 Å². The van der Waals surface area contributed by atoms with E-state index in [2.05, 4.69) is 16.0 Å². The summed E-state index contributed by atoms with van der Waals surface area (Å²) >= 11 is 0. The van der Waals surface area contributed by atoms with Gasteiger partial charge in [-0.1, -0.05) is 26.2 Å². The number of hydrogen-bond acceptors (Lipinski definition) is 4. The van der Waals surface area contributed by atoms with E-state index in [1.165, 1.54) is 24.3 Å². The molecular weight excluding hydrogens is 332 g/mol. The van der Waals surface area contributed by atoms with E-state index in [9.17, 15) is 23.1 Å².